The zero-order valence-electron chi connectivity index (χ0n) is 12.3. The number of carbonyl (C=O) groups excluding carboxylic acids is 2. The Morgan fingerprint density at radius 1 is 1.24 bits per heavy atom. The van der Waals surface area contributed by atoms with Crippen molar-refractivity contribution in [3.63, 3.8) is 0 Å². The van der Waals surface area contributed by atoms with Crippen LogP contribution in [0.15, 0.2) is 28.7 Å². The van der Waals surface area contributed by atoms with Gasteiger partial charge in [0.2, 0.25) is 11.8 Å². The molecule has 4 nitrogen and oxygen atoms in total. The Morgan fingerprint density at radius 3 is 2.43 bits per heavy atom. The summed E-state index contributed by atoms with van der Waals surface area (Å²) in [7, 11) is 0. The highest BCUT2D eigenvalue weighted by Gasteiger charge is 2.24. The van der Waals surface area contributed by atoms with Crippen LogP contribution in [-0.2, 0) is 9.59 Å². The van der Waals surface area contributed by atoms with E-state index in [-0.39, 0.29) is 11.8 Å². The molecule has 1 aromatic carbocycles. The predicted molar refractivity (Wildman–Crippen MR) is 87.0 cm³/mol. The number of halogens is 1. The summed E-state index contributed by atoms with van der Waals surface area (Å²) >= 11 is 3.36. The van der Waals surface area contributed by atoms with Crippen molar-refractivity contribution >= 4 is 33.4 Å². The van der Waals surface area contributed by atoms with Gasteiger partial charge >= 0.3 is 0 Å². The van der Waals surface area contributed by atoms with Crippen molar-refractivity contribution in [3.8, 4) is 0 Å². The molecule has 0 heterocycles. The van der Waals surface area contributed by atoms with E-state index in [1.807, 2.05) is 29.2 Å². The monoisotopic (exact) mass is 352 g/mol. The highest BCUT2D eigenvalue weighted by molar-refractivity contribution is 9.10. The van der Waals surface area contributed by atoms with Crippen molar-refractivity contribution in [1.29, 1.82) is 0 Å². The topological polar surface area (TPSA) is 49.4 Å². The van der Waals surface area contributed by atoms with Crippen molar-refractivity contribution in [2.24, 2.45) is 0 Å². The summed E-state index contributed by atoms with van der Waals surface area (Å²) in [5.74, 6) is 0.0138. The highest BCUT2D eigenvalue weighted by atomic mass is 79.9. The van der Waals surface area contributed by atoms with Gasteiger partial charge in [-0.3, -0.25) is 9.59 Å². The predicted octanol–water partition coefficient (Wildman–Crippen LogP) is 3.57. The average Bonchev–Trinajstić information content (AvgIpc) is 2.95. The van der Waals surface area contributed by atoms with E-state index < -0.39 is 0 Å². The third-order valence-electron chi connectivity index (χ3n) is 3.88. The molecular formula is C16H21BrN2O2. The molecule has 0 bridgehead atoms. The smallest absolute Gasteiger partial charge is 0.226 e. The van der Waals surface area contributed by atoms with Crippen LogP contribution >= 0.6 is 15.9 Å². The summed E-state index contributed by atoms with van der Waals surface area (Å²) in [4.78, 5) is 25.6. The maximum atomic E-state index is 12.0. The lowest BCUT2D eigenvalue weighted by Gasteiger charge is -2.27. The number of nitrogens with zero attached hydrogens (tertiary/aromatic N) is 1. The SMILES string of the molecule is CC(=O)N(CCC(=O)Nc1ccc(Br)cc1)C1CCCC1. The number of amides is 2. The fourth-order valence-electron chi connectivity index (χ4n) is 2.79. The van der Waals surface area contributed by atoms with Gasteiger partial charge in [-0.1, -0.05) is 28.8 Å². The summed E-state index contributed by atoms with van der Waals surface area (Å²) < 4.78 is 0.976. The van der Waals surface area contributed by atoms with Crippen LogP contribution in [0.5, 0.6) is 0 Å². The minimum absolute atomic E-state index is 0.0541. The van der Waals surface area contributed by atoms with Crippen LogP contribution in [-0.4, -0.2) is 29.3 Å². The van der Waals surface area contributed by atoms with E-state index in [1.54, 1.807) is 6.92 Å². The molecule has 2 amide bonds. The summed E-state index contributed by atoms with van der Waals surface area (Å²) in [5.41, 5.74) is 0.776. The summed E-state index contributed by atoms with van der Waals surface area (Å²) in [6, 6.07) is 7.79. The first kappa shape index (κ1) is 16.0. The van der Waals surface area contributed by atoms with Crippen LogP contribution < -0.4 is 5.32 Å². The van der Waals surface area contributed by atoms with Gasteiger partial charge in [-0.25, -0.2) is 0 Å². The zero-order valence-corrected chi connectivity index (χ0v) is 13.9. The Hall–Kier alpha value is -1.36. The van der Waals surface area contributed by atoms with Gasteiger partial charge in [-0.15, -0.1) is 0 Å². The van der Waals surface area contributed by atoms with Gasteiger partial charge in [-0.05, 0) is 37.1 Å². The van der Waals surface area contributed by atoms with Crippen LogP contribution in [0.2, 0.25) is 0 Å². The van der Waals surface area contributed by atoms with Gasteiger partial charge in [0.15, 0.2) is 0 Å². The molecule has 1 aliphatic rings. The molecule has 0 radical (unpaired) electrons. The van der Waals surface area contributed by atoms with Crippen molar-refractivity contribution in [3.05, 3.63) is 28.7 Å². The maximum absolute atomic E-state index is 12.0. The number of rotatable bonds is 5. The molecule has 1 aliphatic carbocycles. The van der Waals surface area contributed by atoms with E-state index in [9.17, 15) is 9.59 Å². The zero-order chi connectivity index (χ0) is 15.2. The second kappa shape index (κ2) is 7.59. The number of nitrogens with one attached hydrogen (secondary N) is 1. The molecule has 1 fully saturated rings. The lowest BCUT2D eigenvalue weighted by molar-refractivity contribution is -0.131. The second-order valence-electron chi connectivity index (χ2n) is 5.46. The van der Waals surface area contributed by atoms with Crippen LogP contribution in [0.4, 0.5) is 5.69 Å². The van der Waals surface area contributed by atoms with Crippen molar-refractivity contribution in [1.82, 2.24) is 4.90 Å². The molecule has 0 aliphatic heterocycles. The van der Waals surface area contributed by atoms with E-state index in [0.717, 1.165) is 23.0 Å². The quantitative estimate of drug-likeness (QED) is 0.880. The molecular weight excluding hydrogens is 332 g/mol. The van der Waals surface area contributed by atoms with Gasteiger partial charge in [0.25, 0.3) is 0 Å². The first-order chi connectivity index (χ1) is 10.1. The molecule has 0 aromatic heterocycles. The molecule has 2 rings (SSSR count). The summed E-state index contributed by atoms with van der Waals surface area (Å²) in [6.07, 6.45) is 4.83. The van der Waals surface area contributed by atoms with E-state index in [4.69, 9.17) is 0 Å². The van der Waals surface area contributed by atoms with E-state index >= 15 is 0 Å². The molecule has 1 saturated carbocycles. The Kier molecular flexibility index (Phi) is 5.79. The molecule has 114 valence electrons. The summed E-state index contributed by atoms with van der Waals surface area (Å²) in [6.45, 7) is 2.09. The van der Waals surface area contributed by atoms with E-state index in [0.29, 0.717) is 19.0 Å². The first-order valence-corrected chi connectivity index (χ1v) is 8.18. The maximum Gasteiger partial charge on any atom is 0.226 e. The Labute approximate surface area is 134 Å². The Bertz CT molecular complexity index is 496. The molecule has 21 heavy (non-hydrogen) atoms. The molecule has 1 aromatic rings. The standard InChI is InChI=1S/C16H21BrN2O2/c1-12(20)19(15-4-2-3-5-15)11-10-16(21)18-14-8-6-13(17)7-9-14/h6-9,15H,2-5,10-11H2,1H3,(H,18,21). The molecule has 0 atom stereocenters. The number of hydrogen-bond acceptors (Lipinski definition) is 2. The average molecular weight is 353 g/mol. The van der Waals surface area contributed by atoms with Crippen LogP contribution in [0.3, 0.4) is 0 Å². The molecule has 0 saturated heterocycles. The van der Waals surface area contributed by atoms with Crippen molar-refractivity contribution in [2.75, 3.05) is 11.9 Å². The summed E-state index contributed by atoms with van der Waals surface area (Å²) in [5, 5.41) is 2.86. The fraction of sp³-hybridized carbons (Fsp3) is 0.500. The van der Waals surface area contributed by atoms with Crippen molar-refractivity contribution < 1.29 is 9.59 Å². The van der Waals surface area contributed by atoms with E-state index in [2.05, 4.69) is 21.2 Å². The van der Waals surface area contributed by atoms with Crippen LogP contribution in [0, 0.1) is 0 Å². The number of carbonyl (C=O) groups is 2. The van der Waals surface area contributed by atoms with Crippen molar-refractivity contribution in [2.45, 2.75) is 45.1 Å². The lowest BCUT2D eigenvalue weighted by atomic mass is 10.2. The Morgan fingerprint density at radius 2 is 1.86 bits per heavy atom. The second-order valence-corrected chi connectivity index (χ2v) is 6.37. The largest absolute Gasteiger partial charge is 0.339 e. The van der Waals surface area contributed by atoms with Crippen LogP contribution in [0.1, 0.15) is 39.0 Å². The number of anilines is 1. The van der Waals surface area contributed by atoms with E-state index in [1.165, 1.54) is 12.8 Å². The van der Waals surface area contributed by atoms with Gasteiger partial charge < -0.3 is 10.2 Å². The molecule has 0 spiro atoms. The molecule has 5 heteroatoms. The van der Waals surface area contributed by atoms with Gasteiger partial charge in [0.05, 0.1) is 0 Å². The fourth-order valence-corrected chi connectivity index (χ4v) is 3.06. The van der Waals surface area contributed by atoms with Crippen LogP contribution in [0.25, 0.3) is 0 Å². The third-order valence-corrected chi connectivity index (χ3v) is 4.41. The first-order valence-electron chi connectivity index (χ1n) is 7.39. The highest BCUT2D eigenvalue weighted by Crippen LogP contribution is 2.23. The molecule has 0 unspecified atom stereocenters. The van der Waals surface area contributed by atoms with Gasteiger partial charge in [0, 0.05) is 36.1 Å². The molecule has 1 N–H and O–H groups in total. The van der Waals surface area contributed by atoms with Gasteiger partial charge in [0.1, 0.15) is 0 Å². The Balaban J connectivity index is 1.83. The number of hydrogen-bond donors (Lipinski definition) is 1. The normalized spacial score (nSPS) is 15.0. The lowest BCUT2D eigenvalue weighted by Crippen LogP contribution is -2.39. The minimum Gasteiger partial charge on any atom is -0.339 e. The third kappa shape index (κ3) is 4.84. The van der Waals surface area contributed by atoms with Gasteiger partial charge in [-0.2, -0.15) is 0 Å². The number of benzene rings is 1. The minimum atomic E-state index is -0.0541.